The van der Waals surface area contributed by atoms with E-state index in [1.807, 2.05) is 12.4 Å². The SMILES string of the molecule is O=C(Cc1nc2c(C(F)(F)F)cccc2[nH]1)NI=C1CN(C2CCOC2)C[C@@H]1CC1CCc2ccncc21. The molecule has 3 aliphatic rings. The number of ether oxygens (including phenoxy) is 1. The highest BCUT2D eigenvalue weighted by molar-refractivity contribution is 14.2. The number of aromatic nitrogens is 3. The number of hydrogen-bond donors (Lipinski definition) is 2. The third kappa shape index (κ3) is 5.37. The van der Waals surface area contributed by atoms with Crippen LogP contribution in [-0.4, -0.2) is 61.6 Å². The van der Waals surface area contributed by atoms with Gasteiger partial charge in [-0.3, -0.25) is 14.7 Å². The standard InChI is InChI=1S/C27H29F3IN5O2/c28-27(29,30)21-2-1-3-23-26(21)34-24(33-23)11-25(37)35-31-22-14-36(19-7-9-38-15-19)13-18(22)10-17-5-4-16-6-8-32-12-20(16)17/h1-3,6,8,12,17-19H,4-5,7,9-11,13-15H2,(H,33,34)(H,35,37)/t17?,18-,19?/m0/s1. The van der Waals surface area contributed by atoms with Crippen LogP contribution in [0.5, 0.6) is 0 Å². The van der Waals surface area contributed by atoms with Crippen LogP contribution in [0, 0.1) is 5.92 Å². The molecule has 2 unspecified atom stereocenters. The molecule has 11 heteroatoms. The van der Waals surface area contributed by atoms with Gasteiger partial charge in [0.15, 0.2) is 0 Å². The predicted molar refractivity (Wildman–Crippen MR) is 146 cm³/mol. The smallest absolute Gasteiger partial charge is 0.380 e. The lowest BCUT2D eigenvalue weighted by atomic mass is 9.90. The Morgan fingerprint density at radius 2 is 2.13 bits per heavy atom. The number of halogens is 4. The summed E-state index contributed by atoms with van der Waals surface area (Å²) in [6.07, 6.45) is 3.61. The molecule has 4 heterocycles. The molecule has 1 amide bonds. The number of para-hydroxylation sites is 1. The van der Waals surface area contributed by atoms with Crippen molar-refractivity contribution in [3.05, 3.63) is 59.2 Å². The second-order valence-electron chi connectivity index (χ2n) is 10.3. The van der Waals surface area contributed by atoms with Gasteiger partial charge in [0.1, 0.15) is 11.3 Å². The normalized spacial score (nSPS) is 25.1. The molecule has 0 bridgehead atoms. The lowest BCUT2D eigenvalue weighted by Gasteiger charge is -2.22. The van der Waals surface area contributed by atoms with Gasteiger partial charge in [0.05, 0.1) is 24.1 Å². The molecule has 2 aliphatic heterocycles. The van der Waals surface area contributed by atoms with E-state index in [2.05, 4.69) is 29.4 Å². The van der Waals surface area contributed by atoms with Crippen molar-refractivity contribution in [2.24, 2.45) is 5.92 Å². The topological polar surface area (TPSA) is 83.1 Å². The van der Waals surface area contributed by atoms with E-state index in [0.717, 1.165) is 58.1 Å². The first-order valence-electron chi connectivity index (χ1n) is 12.9. The Bertz CT molecular complexity index is 1370. The van der Waals surface area contributed by atoms with Crippen LogP contribution in [0.15, 0.2) is 36.7 Å². The number of nitrogens with zero attached hydrogens (tertiary/aromatic N) is 3. The van der Waals surface area contributed by atoms with Gasteiger partial charge in [0.25, 0.3) is 0 Å². The third-order valence-electron chi connectivity index (χ3n) is 7.86. The van der Waals surface area contributed by atoms with Crippen molar-refractivity contribution in [2.75, 3.05) is 26.3 Å². The molecule has 202 valence electrons. The Morgan fingerprint density at radius 3 is 2.95 bits per heavy atom. The molecule has 1 aromatic carbocycles. The molecule has 2 fully saturated rings. The van der Waals surface area contributed by atoms with Crippen molar-refractivity contribution < 1.29 is 22.7 Å². The fourth-order valence-electron chi connectivity index (χ4n) is 5.97. The monoisotopic (exact) mass is 639 g/mol. The summed E-state index contributed by atoms with van der Waals surface area (Å²) in [6, 6.07) is 6.44. The van der Waals surface area contributed by atoms with E-state index in [4.69, 9.17) is 4.74 Å². The van der Waals surface area contributed by atoms with Gasteiger partial charge >= 0.3 is 6.18 Å². The second kappa shape index (κ2) is 10.6. The van der Waals surface area contributed by atoms with E-state index in [9.17, 15) is 18.0 Å². The number of carbonyl (C=O) groups excluding carboxylic acids is 1. The molecular formula is C27H29F3IN5O2. The minimum absolute atomic E-state index is 0.0779. The first-order valence-corrected chi connectivity index (χ1v) is 15.1. The fourth-order valence-corrected chi connectivity index (χ4v) is 8.30. The van der Waals surface area contributed by atoms with E-state index in [1.165, 1.54) is 20.7 Å². The summed E-state index contributed by atoms with van der Waals surface area (Å²) >= 11 is -0.743. The Morgan fingerprint density at radius 1 is 1.24 bits per heavy atom. The lowest BCUT2D eigenvalue weighted by Crippen LogP contribution is -2.34. The summed E-state index contributed by atoms with van der Waals surface area (Å²) in [5, 5.41) is 0. The van der Waals surface area contributed by atoms with Gasteiger partial charge in [-0.25, -0.2) is 4.98 Å². The van der Waals surface area contributed by atoms with Gasteiger partial charge in [0.2, 0.25) is 5.91 Å². The molecule has 7 nitrogen and oxygen atoms in total. The summed E-state index contributed by atoms with van der Waals surface area (Å²) in [5.74, 6) is 0.915. The van der Waals surface area contributed by atoms with Gasteiger partial charge in [-0.05, 0) is 85.4 Å². The number of pyridine rings is 1. The van der Waals surface area contributed by atoms with E-state index < -0.39 is 32.7 Å². The van der Waals surface area contributed by atoms with Crippen molar-refractivity contribution in [3.8, 4) is 0 Å². The van der Waals surface area contributed by atoms with Crippen LogP contribution in [0.4, 0.5) is 13.2 Å². The molecule has 3 aromatic rings. The van der Waals surface area contributed by atoms with Gasteiger partial charge in [-0.1, -0.05) is 6.07 Å². The summed E-state index contributed by atoms with van der Waals surface area (Å²) < 4.78 is 50.2. The summed E-state index contributed by atoms with van der Waals surface area (Å²) in [5.41, 5.74) is 2.09. The maximum absolute atomic E-state index is 13.3. The largest absolute Gasteiger partial charge is 0.418 e. The zero-order valence-electron chi connectivity index (χ0n) is 20.7. The molecule has 3 atom stereocenters. The lowest BCUT2D eigenvalue weighted by molar-refractivity contribution is -0.136. The number of hydrogen-bond acceptors (Lipinski definition) is 5. The summed E-state index contributed by atoms with van der Waals surface area (Å²) in [7, 11) is 0. The number of benzene rings is 1. The van der Waals surface area contributed by atoms with Crippen molar-refractivity contribution in [1.29, 1.82) is 0 Å². The van der Waals surface area contributed by atoms with Gasteiger partial charge < -0.3 is 13.3 Å². The average molecular weight is 639 g/mol. The van der Waals surface area contributed by atoms with Crippen molar-refractivity contribution >= 4 is 41.5 Å². The Balaban J connectivity index is 1.16. The van der Waals surface area contributed by atoms with Crippen molar-refractivity contribution in [3.63, 3.8) is 0 Å². The first kappa shape index (κ1) is 25.9. The van der Waals surface area contributed by atoms with Crippen LogP contribution >= 0.6 is 21.0 Å². The van der Waals surface area contributed by atoms with Crippen LogP contribution in [0.2, 0.25) is 0 Å². The van der Waals surface area contributed by atoms with Crippen LogP contribution in [0.1, 0.15) is 47.7 Å². The number of amides is 1. The number of aromatic amines is 1. The number of nitrogens with one attached hydrogen (secondary N) is 2. The van der Waals surface area contributed by atoms with Crippen molar-refractivity contribution in [2.45, 2.75) is 50.2 Å². The number of fused-ring (bicyclic) bond motifs is 2. The number of alkyl halides is 3. The summed E-state index contributed by atoms with van der Waals surface area (Å²) in [6.45, 7) is 3.41. The number of likely N-dealkylation sites (tertiary alicyclic amines) is 1. The zero-order valence-corrected chi connectivity index (χ0v) is 22.9. The molecule has 0 saturated carbocycles. The second-order valence-corrected chi connectivity index (χ2v) is 12.8. The maximum Gasteiger partial charge on any atom is 0.418 e. The molecule has 2 aromatic heterocycles. The van der Waals surface area contributed by atoms with Crippen LogP contribution in [0.3, 0.4) is 0 Å². The quantitative estimate of drug-likeness (QED) is 0.306. The van der Waals surface area contributed by atoms with E-state index >= 15 is 0 Å². The highest BCUT2D eigenvalue weighted by Gasteiger charge is 2.37. The molecule has 1 aliphatic carbocycles. The molecule has 2 N–H and O–H groups in total. The average Bonchev–Trinajstić information content (AvgIpc) is 3.68. The molecule has 6 rings (SSSR count). The highest BCUT2D eigenvalue weighted by Crippen LogP contribution is 2.39. The van der Waals surface area contributed by atoms with Gasteiger partial charge in [-0.2, -0.15) is 13.2 Å². The number of H-pyrrole nitrogens is 1. The van der Waals surface area contributed by atoms with E-state index in [0.29, 0.717) is 17.9 Å². The molecule has 0 spiro atoms. The Kier molecular flexibility index (Phi) is 7.25. The predicted octanol–water partition coefficient (Wildman–Crippen LogP) is 4.53. The Labute approximate surface area is 228 Å². The zero-order chi connectivity index (χ0) is 26.3. The molecule has 0 radical (unpaired) electrons. The molecule has 2 saturated heterocycles. The number of carbonyl (C=O) groups is 1. The number of aryl methyl sites for hydroxylation is 1. The molecular weight excluding hydrogens is 610 g/mol. The Hall–Kier alpha value is -2.38. The van der Waals surface area contributed by atoms with Crippen LogP contribution < -0.4 is 3.53 Å². The maximum atomic E-state index is 13.3. The van der Waals surface area contributed by atoms with E-state index in [-0.39, 0.29) is 29.2 Å². The van der Waals surface area contributed by atoms with Gasteiger partial charge in [-0.15, -0.1) is 0 Å². The first-order chi connectivity index (χ1) is 18.3. The van der Waals surface area contributed by atoms with Crippen molar-refractivity contribution in [1.82, 2.24) is 23.4 Å². The minimum atomic E-state index is -4.50. The third-order valence-corrected chi connectivity index (χ3v) is 10.6. The van der Waals surface area contributed by atoms with Gasteiger partial charge in [0, 0.05) is 44.0 Å². The summed E-state index contributed by atoms with van der Waals surface area (Å²) in [4.78, 5) is 26.7. The molecule has 38 heavy (non-hydrogen) atoms. The highest BCUT2D eigenvalue weighted by atomic mass is 127. The number of rotatable bonds is 6. The van der Waals surface area contributed by atoms with Crippen LogP contribution in [-0.2, 0) is 28.5 Å². The fraction of sp³-hybridized carbons (Fsp3) is 0.481. The minimum Gasteiger partial charge on any atom is -0.380 e. The van der Waals surface area contributed by atoms with Crippen LogP contribution in [0.25, 0.3) is 11.0 Å². The van der Waals surface area contributed by atoms with E-state index in [1.54, 1.807) is 6.07 Å². The number of imidazole rings is 1.